The highest BCUT2D eigenvalue weighted by Crippen LogP contribution is 2.28. The van der Waals surface area contributed by atoms with E-state index < -0.39 is 6.67 Å². The van der Waals surface area contributed by atoms with Gasteiger partial charge in [-0.15, -0.1) is 10.2 Å². The van der Waals surface area contributed by atoms with Gasteiger partial charge in [0.2, 0.25) is 0 Å². The molecule has 46 heavy (non-hydrogen) atoms. The molecule has 10 heteroatoms. The van der Waals surface area contributed by atoms with Crippen molar-refractivity contribution in [2.45, 2.75) is 76.3 Å². The zero-order valence-electron chi connectivity index (χ0n) is 25.9. The van der Waals surface area contributed by atoms with Crippen LogP contribution in [-0.4, -0.2) is 30.9 Å². The van der Waals surface area contributed by atoms with Crippen LogP contribution in [0.5, 0.6) is 0 Å². The van der Waals surface area contributed by atoms with Gasteiger partial charge in [-0.2, -0.15) is 4.98 Å². The minimum Gasteiger partial charge on any atom is -0.373 e. The molecule has 0 unspecified atom stereocenters. The lowest BCUT2D eigenvalue weighted by atomic mass is 10.0. The fourth-order valence-electron chi connectivity index (χ4n) is 5.69. The van der Waals surface area contributed by atoms with Gasteiger partial charge in [0.1, 0.15) is 19.1 Å². The largest absolute Gasteiger partial charge is 0.373 e. The molecule has 5 aromatic rings. The molecule has 1 aliphatic rings. The molecule has 1 aliphatic carbocycles. The first kappa shape index (κ1) is 31.8. The van der Waals surface area contributed by atoms with Crippen LogP contribution in [0.25, 0.3) is 11.1 Å². The number of aromatic nitrogens is 5. The Balaban J connectivity index is 1.30. The number of fused-ring (bicyclic) bond motifs is 1. The lowest BCUT2D eigenvalue weighted by molar-refractivity contribution is 0.110. The van der Waals surface area contributed by atoms with E-state index in [0.717, 1.165) is 77.3 Å². The van der Waals surface area contributed by atoms with Crippen LogP contribution in [0.3, 0.4) is 0 Å². The fraction of sp³-hybridized carbons (Fsp3) is 0.333. The first-order valence-corrected chi connectivity index (χ1v) is 16.7. The van der Waals surface area contributed by atoms with E-state index in [0.29, 0.717) is 42.8 Å². The van der Waals surface area contributed by atoms with E-state index in [4.69, 9.17) is 4.74 Å². The zero-order valence-corrected chi connectivity index (χ0v) is 26.7. The molecule has 0 amide bonds. The monoisotopic (exact) mass is 641 g/mol. The number of unbranched alkanes of at least 4 members (excludes halogenated alkanes) is 1. The van der Waals surface area contributed by atoms with E-state index in [9.17, 15) is 13.6 Å². The molecular formula is C36H37F2N5O2S. The summed E-state index contributed by atoms with van der Waals surface area (Å²) in [5, 5.41) is 9.80. The second-order valence-electron chi connectivity index (χ2n) is 11.5. The Kier molecular flexibility index (Phi) is 10.3. The van der Waals surface area contributed by atoms with Crippen LogP contribution in [0, 0.1) is 5.82 Å². The number of rotatable bonds is 14. The number of hydrogen-bond donors (Lipinski definition) is 0. The van der Waals surface area contributed by atoms with Gasteiger partial charge < -0.3 is 13.9 Å². The van der Waals surface area contributed by atoms with E-state index >= 15 is 0 Å². The third-order valence-electron chi connectivity index (χ3n) is 8.30. The summed E-state index contributed by atoms with van der Waals surface area (Å²) in [5.74, 6) is 1.76. The zero-order chi connectivity index (χ0) is 31.9. The molecule has 0 spiro atoms. The van der Waals surface area contributed by atoms with Crippen molar-refractivity contribution < 1.29 is 13.5 Å². The summed E-state index contributed by atoms with van der Waals surface area (Å²) in [6, 6.07) is 22.2. The maximum Gasteiger partial charge on any atom is 0.277 e. The summed E-state index contributed by atoms with van der Waals surface area (Å²) in [5.41, 5.74) is 6.38. The van der Waals surface area contributed by atoms with Crippen LogP contribution in [-0.2, 0) is 49.7 Å². The Morgan fingerprint density at radius 2 is 1.50 bits per heavy atom. The molecule has 0 atom stereocenters. The lowest BCUT2D eigenvalue weighted by Crippen LogP contribution is -2.23. The van der Waals surface area contributed by atoms with E-state index in [1.165, 1.54) is 23.9 Å². The van der Waals surface area contributed by atoms with Gasteiger partial charge >= 0.3 is 0 Å². The van der Waals surface area contributed by atoms with Crippen LogP contribution in [0.4, 0.5) is 8.78 Å². The van der Waals surface area contributed by atoms with Gasteiger partial charge in [0.05, 0.1) is 13.1 Å². The van der Waals surface area contributed by atoms with Crippen LogP contribution >= 0.6 is 11.8 Å². The molecule has 6 rings (SSSR count). The first-order chi connectivity index (χ1) is 22.5. The van der Waals surface area contributed by atoms with Gasteiger partial charge in [0.25, 0.3) is 5.56 Å². The predicted molar refractivity (Wildman–Crippen MR) is 176 cm³/mol. The molecule has 3 aromatic carbocycles. The summed E-state index contributed by atoms with van der Waals surface area (Å²) in [6.45, 7) is 3.60. The van der Waals surface area contributed by atoms with Crippen molar-refractivity contribution in [2.24, 2.45) is 0 Å². The average Bonchev–Trinajstić information content (AvgIpc) is 3.73. The average molecular weight is 642 g/mol. The Morgan fingerprint density at radius 1 is 0.826 bits per heavy atom. The normalized spacial score (nSPS) is 12.5. The maximum atomic E-state index is 13.5. The van der Waals surface area contributed by atoms with Crippen molar-refractivity contribution in [1.29, 1.82) is 0 Å². The van der Waals surface area contributed by atoms with Crippen molar-refractivity contribution in [3.8, 4) is 11.1 Å². The molecular weight excluding hydrogens is 604 g/mol. The highest BCUT2D eigenvalue weighted by atomic mass is 32.2. The third kappa shape index (κ3) is 7.45. The fourth-order valence-corrected chi connectivity index (χ4v) is 6.66. The molecule has 0 saturated carbocycles. The van der Waals surface area contributed by atoms with Crippen molar-refractivity contribution >= 4 is 11.8 Å². The second kappa shape index (κ2) is 15.0. The van der Waals surface area contributed by atoms with Crippen molar-refractivity contribution in [1.82, 2.24) is 24.3 Å². The van der Waals surface area contributed by atoms with Gasteiger partial charge in [-0.05, 0) is 65.6 Å². The lowest BCUT2D eigenvalue weighted by Gasteiger charge is -2.18. The quantitative estimate of drug-likeness (QED) is 0.0720. The van der Waals surface area contributed by atoms with Crippen molar-refractivity contribution in [3.63, 3.8) is 0 Å². The summed E-state index contributed by atoms with van der Waals surface area (Å²) < 4.78 is 36.7. The van der Waals surface area contributed by atoms with Crippen molar-refractivity contribution in [2.75, 3.05) is 6.61 Å². The Morgan fingerprint density at radius 3 is 2.20 bits per heavy atom. The van der Waals surface area contributed by atoms with Crippen LogP contribution < -0.4 is 5.56 Å². The standard InChI is InChI=1S/C36H37F2N5O2S/c1-2-3-19-45-23-34-41-40-33(43(34)21-26-9-15-29(16-10-26)28-13-7-25(20-37)8-14-28)22-42-32-6-4-5-31(32)35(44)39-36(42)46-24-27-11-17-30(38)18-12-27/h7-18H,2-6,19-24H2,1H3. The SMILES string of the molecule is CCCCOCc1nnc(Cn2c(SCc3ccc(F)cc3)nc(=O)c3c2CCC3)n1Cc1ccc(-c2ccc(CF)cc2)cc1. The molecule has 2 heterocycles. The third-order valence-corrected chi connectivity index (χ3v) is 9.34. The number of nitrogens with zero attached hydrogens (tertiary/aromatic N) is 5. The number of benzene rings is 3. The summed E-state index contributed by atoms with van der Waals surface area (Å²) in [7, 11) is 0. The van der Waals surface area contributed by atoms with E-state index in [1.54, 1.807) is 12.1 Å². The maximum absolute atomic E-state index is 13.5. The van der Waals surface area contributed by atoms with E-state index in [2.05, 4.69) is 55.5 Å². The second-order valence-corrected chi connectivity index (χ2v) is 12.5. The predicted octanol–water partition coefficient (Wildman–Crippen LogP) is 7.30. The topological polar surface area (TPSA) is 74.8 Å². The highest BCUT2D eigenvalue weighted by molar-refractivity contribution is 7.98. The number of ether oxygens (including phenoxy) is 1. The molecule has 7 nitrogen and oxygen atoms in total. The first-order valence-electron chi connectivity index (χ1n) is 15.7. The molecule has 238 valence electrons. The van der Waals surface area contributed by atoms with E-state index in [1.807, 2.05) is 24.3 Å². The van der Waals surface area contributed by atoms with Gasteiger partial charge in [0, 0.05) is 23.6 Å². The molecule has 0 N–H and O–H groups in total. The highest BCUT2D eigenvalue weighted by Gasteiger charge is 2.24. The van der Waals surface area contributed by atoms with Crippen LogP contribution in [0.15, 0.2) is 82.7 Å². The van der Waals surface area contributed by atoms with E-state index in [-0.39, 0.29) is 11.4 Å². The van der Waals surface area contributed by atoms with Gasteiger partial charge in [0.15, 0.2) is 16.8 Å². The van der Waals surface area contributed by atoms with Gasteiger partial charge in [-0.3, -0.25) is 4.79 Å². The smallest absolute Gasteiger partial charge is 0.277 e. The molecule has 2 aromatic heterocycles. The Bertz CT molecular complexity index is 1820. The van der Waals surface area contributed by atoms with Gasteiger partial charge in [-0.1, -0.05) is 85.8 Å². The number of thioether (sulfide) groups is 1. The Labute approximate surface area is 271 Å². The minimum absolute atomic E-state index is 0.170. The summed E-state index contributed by atoms with van der Waals surface area (Å²) in [6.07, 6.45) is 4.44. The molecule has 0 fully saturated rings. The Hall–Kier alpha value is -4.15. The van der Waals surface area contributed by atoms with Crippen LogP contribution in [0.2, 0.25) is 0 Å². The molecule has 0 aliphatic heterocycles. The molecule has 0 bridgehead atoms. The van der Waals surface area contributed by atoms with Crippen molar-refractivity contribution in [3.05, 3.63) is 129 Å². The summed E-state index contributed by atoms with van der Waals surface area (Å²) in [4.78, 5) is 17.5. The van der Waals surface area contributed by atoms with Crippen LogP contribution in [0.1, 0.15) is 65.8 Å². The molecule has 0 radical (unpaired) electrons. The summed E-state index contributed by atoms with van der Waals surface area (Å²) >= 11 is 1.47. The molecule has 0 saturated heterocycles. The number of halogens is 2. The number of hydrogen-bond acceptors (Lipinski definition) is 6. The number of alkyl halides is 1. The minimum atomic E-state index is -0.475. The van der Waals surface area contributed by atoms with Gasteiger partial charge in [-0.25, -0.2) is 8.78 Å².